The van der Waals surface area contributed by atoms with E-state index >= 15 is 0 Å². The van der Waals surface area contributed by atoms with Gasteiger partial charge < -0.3 is 19.6 Å². The molecule has 0 saturated heterocycles. The van der Waals surface area contributed by atoms with E-state index in [0.717, 1.165) is 44.6 Å². The number of hydrogen-bond acceptors (Lipinski definition) is 4. The Morgan fingerprint density at radius 1 is 1.00 bits per heavy atom. The number of benzene rings is 3. The molecule has 5 rings (SSSR count). The number of rotatable bonds is 6. The third kappa shape index (κ3) is 3.98. The van der Waals surface area contributed by atoms with Gasteiger partial charge in [-0.05, 0) is 65.6 Å². The molecule has 1 unspecified atom stereocenters. The van der Waals surface area contributed by atoms with E-state index < -0.39 is 5.54 Å². The molecule has 0 aliphatic heterocycles. The van der Waals surface area contributed by atoms with Crippen LogP contribution in [0.5, 0.6) is 5.75 Å². The minimum Gasteiger partial charge on any atom is -0.494 e. The van der Waals surface area contributed by atoms with E-state index in [9.17, 15) is 4.79 Å². The van der Waals surface area contributed by atoms with E-state index in [0.29, 0.717) is 11.6 Å². The summed E-state index contributed by atoms with van der Waals surface area (Å²) in [4.78, 5) is 17.2. The molecular formula is C29H27ClN4O2. The van der Waals surface area contributed by atoms with Crippen molar-refractivity contribution in [3.63, 3.8) is 0 Å². The normalized spacial score (nSPS) is 13.0. The van der Waals surface area contributed by atoms with Crippen molar-refractivity contribution in [1.29, 1.82) is 0 Å². The molecule has 2 heterocycles. The Bertz CT molecular complexity index is 1620. The molecule has 0 amide bonds. The summed E-state index contributed by atoms with van der Waals surface area (Å²) in [5.41, 5.74) is 11.3. The van der Waals surface area contributed by atoms with E-state index in [1.54, 1.807) is 30.2 Å². The highest BCUT2D eigenvalue weighted by Gasteiger charge is 2.35. The molecule has 6 nitrogen and oxygen atoms in total. The Kier molecular flexibility index (Phi) is 6.16. The third-order valence-corrected chi connectivity index (χ3v) is 6.93. The zero-order valence-corrected chi connectivity index (χ0v) is 21.2. The molecule has 1 atom stereocenters. The highest BCUT2D eigenvalue weighted by Crippen LogP contribution is 2.38. The lowest BCUT2D eigenvalue weighted by atomic mass is 9.80. The summed E-state index contributed by atoms with van der Waals surface area (Å²) in [5, 5.41) is 1.55. The van der Waals surface area contributed by atoms with Crippen LogP contribution in [0.3, 0.4) is 0 Å². The van der Waals surface area contributed by atoms with Crippen molar-refractivity contribution in [2.45, 2.75) is 12.5 Å². The Morgan fingerprint density at radius 3 is 2.44 bits per heavy atom. The number of pyridine rings is 1. The van der Waals surface area contributed by atoms with Gasteiger partial charge in [0.1, 0.15) is 11.3 Å². The average Bonchev–Trinajstić information content (AvgIpc) is 3.32. The lowest BCUT2D eigenvalue weighted by Gasteiger charge is -2.31. The minimum absolute atomic E-state index is 0.0876. The summed E-state index contributed by atoms with van der Waals surface area (Å²) >= 11 is 6.20. The molecule has 182 valence electrons. The first kappa shape index (κ1) is 23.9. The molecule has 36 heavy (non-hydrogen) atoms. The first-order chi connectivity index (χ1) is 17.3. The van der Waals surface area contributed by atoms with Gasteiger partial charge in [0.05, 0.1) is 30.3 Å². The second kappa shape index (κ2) is 9.30. The number of nitrogens with two attached hydrogens (primary N) is 1. The van der Waals surface area contributed by atoms with Gasteiger partial charge in [0.25, 0.3) is 5.56 Å². The smallest absolute Gasteiger partial charge is 0.251 e. The monoisotopic (exact) mass is 498 g/mol. The van der Waals surface area contributed by atoms with Crippen LogP contribution in [0.25, 0.3) is 22.0 Å². The van der Waals surface area contributed by atoms with Gasteiger partial charge in [-0.1, -0.05) is 41.9 Å². The summed E-state index contributed by atoms with van der Waals surface area (Å²) < 4.78 is 9.29. The molecule has 7 heteroatoms. The molecule has 0 aliphatic rings. The van der Waals surface area contributed by atoms with Gasteiger partial charge in [-0.3, -0.25) is 4.79 Å². The van der Waals surface area contributed by atoms with Crippen LogP contribution in [0.2, 0.25) is 5.02 Å². The molecular weight excluding hydrogens is 472 g/mol. The summed E-state index contributed by atoms with van der Waals surface area (Å²) in [6.45, 7) is 2.51. The summed E-state index contributed by atoms with van der Waals surface area (Å²) in [7, 11) is 3.70. The number of hydrogen-bond donors (Lipinski definition) is 1. The van der Waals surface area contributed by atoms with E-state index in [-0.39, 0.29) is 5.56 Å². The van der Waals surface area contributed by atoms with Crippen molar-refractivity contribution in [3.05, 3.63) is 118 Å². The van der Waals surface area contributed by atoms with Gasteiger partial charge in [-0.25, -0.2) is 4.98 Å². The van der Waals surface area contributed by atoms with Crippen LogP contribution in [0.15, 0.2) is 90.1 Å². The maximum absolute atomic E-state index is 12.9. The average molecular weight is 499 g/mol. The van der Waals surface area contributed by atoms with Crippen molar-refractivity contribution in [2.24, 2.45) is 19.8 Å². The second-order valence-corrected chi connectivity index (χ2v) is 9.29. The topological polar surface area (TPSA) is 75.1 Å². The predicted molar refractivity (Wildman–Crippen MR) is 145 cm³/mol. The van der Waals surface area contributed by atoms with Crippen LogP contribution in [0.4, 0.5) is 0 Å². The molecule has 0 fully saturated rings. The predicted octanol–water partition coefficient (Wildman–Crippen LogP) is 5.24. The van der Waals surface area contributed by atoms with E-state index in [1.807, 2.05) is 79.2 Å². The number of fused-ring (bicyclic) bond motifs is 1. The maximum Gasteiger partial charge on any atom is 0.251 e. The molecule has 2 aromatic heterocycles. The number of halogens is 1. The summed E-state index contributed by atoms with van der Waals surface area (Å²) in [6, 6.07) is 23.0. The fourth-order valence-corrected chi connectivity index (χ4v) is 4.90. The first-order valence-corrected chi connectivity index (χ1v) is 12.1. The number of aryl methyl sites for hydroxylation is 2. The highest BCUT2D eigenvalue weighted by atomic mass is 35.5. The van der Waals surface area contributed by atoms with Crippen molar-refractivity contribution in [2.75, 3.05) is 6.61 Å². The van der Waals surface area contributed by atoms with Crippen LogP contribution in [0, 0.1) is 0 Å². The van der Waals surface area contributed by atoms with E-state index in [4.69, 9.17) is 22.1 Å². The van der Waals surface area contributed by atoms with Crippen LogP contribution in [-0.2, 0) is 19.6 Å². The number of nitrogens with zero attached hydrogens (tertiary/aromatic N) is 3. The van der Waals surface area contributed by atoms with Gasteiger partial charge in [0.2, 0.25) is 0 Å². The van der Waals surface area contributed by atoms with Gasteiger partial charge in [-0.15, -0.1) is 0 Å². The quantitative estimate of drug-likeness (QED) is 0.347. The first-order valence-electron chi connectivity index (χ1n) is 11.7. The van der Waals surface area contributed by atoms with Gasteiger partial charge in [0.15, 0.2) is 0 Å². The van der Waals surface area contributed by atoms with Crippen molar-refractivity contribution < 1.29 is 4.74 Å². The maximum atomic E-state index is 12.9. The summed E-state index contributed by atoms with van der Waals surface area (Å²) in [5.74, 6) is 0.754. The lowest BCUT2D eigenvalue weighted by Crippen LogP contribution is -2.41. The second-order valence-electron chi connectivity index (χ2n) is 8.85. The van der Waals surface area contributed by atoms with Crippen LogP contribution in [-0.4, -0.2) is 20.7 Å². The molecule has 5 aromatic rings. The van der Waals surface area contributed by atoms with Crippen molar-refractivity contribution in [3.8, 4) is 16.9 Å². The van der Waals surface area contributed by atoms with Gasteiger partial charge >= 0.3 is 0 Å². The Balaban J connectivity index is 1.80. The van der Waals surface area contributed by atoms with Crippen molar-refractivity contribution in [1.82, 2.24) is 14.1 Å². The molecule has 0 aliphatic carbocycles. The molecule has 0 spiro atoms. The lowest BCUT2D eigenvalue weighted by molar-refractivity contribution is 0.340. The molecule has 2 N–H and O–H groups in total. The van der Waals surface area contributed by atoms with E-state index in [2.05, 4.69) is 11.1 Å². The van der Waals surface area contributed by atoms with Gasteiger partial charge in [0, 0.05) is 30.6 Å². The fraction of sp³-hybridized carbons (Fsp3) is 0.172. The Labute approximate surface area is 214 Å². The van der Waals surface area contributed by atoms with Crippen LogP contribution < -0.4 is 16.0 Å². The molecule has 3 aromatic carbocycles. The third-order valence-electron chi connectivity index (χ3n) is 6.68. The zero-order valence-electron chi connectivity index (χ0n) is 20.4. The van der Waals surface area contributed by atoms with E-state index in [1.165, 1.54) is 0 Å². The van der Waals surface area contributed by atoms with Crippen LogP contribution >= 0.6 is 11.6 Å². The largest absolute Gasteiger partial charge is 0.494 e. The zero-order chi connectivity index (χ0) is 25.4. The number of imidazole rings is 1. The SMILES string of the molecule is CCOc1cccc(-c2cc(=O)n(C)c3ccc(C(N)(c4ccc(Cl)cc4)c4cncn4C)cc23)c1. The molecule has 0 radical (unpaired) electrons. The Morgan fingerprint density at radius 2 is 1.75 bits per heavy atom. The Hall–Kier alpha value is -3.87. The molecule has 0 bridgehead atoms. The molecule has 0 saturated carbocycles. The van der Waals surface area contributed by atoms with Gasteiger partial charge in [-0.2, -0.15) is 0 Å². The summed E-state index contributed by atoms with van der Waals surface area (Å²) in [6.07, 6.45) is 3.52. The van der Waals surface area contributed by atoms with Crippen molar-refractivity contribution >= 4 is 22.5 Å². The minimum atomic E-state index is -1.01. The van der Waals surface area contributed by atoms with Crippen LogP contribution in [0.1, 0.15) is 23.7 Å². The number of ether oxygens (including phenoxy) is 1. The fourth-order valence-electron chi connectivity index (χ4n) is 4.78. The standard InChI is InChI=1S/C29H27ClN4O2/c1-4-36-23-7-5-6-19(14-23)24-16-28(35)34(3)26-13-10-21(15-25(24)26)29(31,27-17-32-18-33(27)2)20-8-11-22(30)12-9-20/h5-18H,4,31H2,1-3H3. The highest BCUT2D eigenvalue weighted by molar-refractivity contribution is 6.30. The number of aromatic nitrogens is 3.